The highest BCUT2D eigenvalue weighted by molar-refractivity contribution is 5.27. The molecule has 11 heavy (non-hydrogen) atoms. The first-order valence-electron chi connectivity index (χ1n) is 3.84. The van der Waals surface area contributed by atoms with Crippen LogP contribution in [-0.2, 0) is 6.42 Å². The molecule has 0 bridgehead atoms. The van der Waals surface area contributed by atoms with Crippen LogP contribution in [0.5, 0.6) is 0 Å². The molecule has 0 unspecified atom stereocenters. The van der Waals surface area contributed by atoms with Crippen LogP contribution >= 0.6 is 0 Å². The number of nitrogens with one attached hydrogen (secondary N) is 1. The summed E-state index contributed by atoms with van der Waals surface area (Å²) in [4.78, 5) is 13.7. The number of H-pyrrole nitrogens is 1. The van der Waals surface area contributed by atoms with E-state index in [2.05, 4.69) is 11.9 Å². The minimum absolute atomic E-state index is 0.00259. The Morgan fingerprint density at radius 2 is 2.09 bits per heavy atom. The molecular formula is C9H13NO. The van der Waals surface area contributed by atoms with Gasteiger partial charge >= 0.3 is 0 Å². The van der Waals surface area contributed by atoms with Gasteiger partial charge in [0.2, 0.25) is 5.56 Å². The molecule has 1 aromatic rings. The van der Waals surface area contributed by atoms with Gasteiger partial charge in [-0.05, 0) is 31.4 Å². The van der Waals surface area contributed by atoms with Crippen LogP contribution in [0.3, 0.4) is 0 Å². The lowest BCUT2D eigenvalue weighted by atomic mass is 10.1. The highest BCUT2D eigenvalue weighted by Crippen LogP contribution is 2.08. The monoisotopic (exact) mass is 151 g/mol. The molecule has 2 heteroatoms. The molecule has 1 N–H and O–H groups in total. The maximum absolute atomic E-state index is 10.9. The van der Waals surface area contributed by atoms with Crippen molar-refractivity contribution < 1.29 is 0 Å². The third kappa shape index (κ3) is 1.50. The highest BCUT2D eigenvalue weighted by atomic mass is 16.1. The molecule has 0 fully saturated rings. The van der Waals surface area contributed by atoms with E-state index in [9.17, 15) is 4.79 Å². The fraction of sp³-hybridized carbons (Fsp3) is 0.444. The van der Waals surface area contributed by atoms with Crippen molar-refractivity contribution in [3.63, 3.8) is 0 Å². The summed E-state index contributed by atoms with van der Waals surface area (Å²) in [7, 11) is 0. The van der Waals surface area contributed by atoms with Gasteiger partial charge in [0.1, 0.15) is 0 Å². The van der Waals surface area contributed by atoms with Gasteiger partial charge in [0, 0.05) is 11.8 Å². The smallest absolute Gasteiger partial charge is 0.248 e. The Kier molecular flexibility index (Phi) is 2.13. The van der Waals surface area contributed by atoms with Gasteiger partial charge in [0.25, 0.3) is 0 Å². The van der Waals surface area contributed by atoms with E-state index in [1.54, 1.807) is 6.07 Å². The molecule has 0 radical (unpaired) electrons. The number of aromatic nitrogens is 1. The lowest BCUT2D eigenvalue weighted by Crippen LogP contribution is -2.09. The zero-order chi connectivity index (χ0) is 8.43. The van der Waals surface area contributed by atoms with Crippen molar-refractivity contribution in [3.8, 4) is 0 Å². The molecule has 1 rings (SSSR count). The predicted molar refractivity (Wildman–Crippen MR) is 45.9 cm³/mol. The second-order valence-corrected chi connectivity index (χ2v) is 2.77. The Labute approximate surface area is 66.3 Å². The van der Waals surface area contributed by atoms with E-state index < -0.39 is 0 Å². The van der Waals surface area contributed by atoms with Crippen molar-refractivity contribution in [3.05, 3.63) is 33.2 Å². The van der Waals surface area contributed by atoms with Crippen LogP contribution in [0, 0.1) is 13.8 Å². The van der Waals surface area contributed by atoms with Crippen molar-refractivity contribution in [1.29, 1.82) is 0 Å². The number of hydrogen-bond donors (Lipinski definition) is 1. The molecule has 1 aromatic heterocycles. The molecule has 0 aromatic carbocycles. The van der Waals surface area contributed by atoms with Gasteiger partial charge in [-0.1, -0.05) is 6.92 Å². The molecule has 0 spiro atoms. The second-order valence-electron chi connectivity index (χ2n) is 2.77. The largest absolute Gasteiger partial charge is 0.326 e. The Bertz CT molecular complexity index is 286. The van der Waals surface area contributed by atoms with Gasteiger partial charge in [-0.15, -0.1) is 0 Å². The quantitative estimate of drug-likeness (QED) is 0.649. The van der Waals surface area contributed by atoms with E-state index in [1.165, 1.54) is 5.56 Å². The lowest BCUT2D eigenvalue weighted by molar-refractivity contribution is 1.00. The summed E-state index contributed by atoms with van der Waals surface area (Å²) in [6, 6.07) is 1.64. The summed E-state index contributed by atoms with van der Waals surface area (Å²) in [5, 5.41) is 0. The normalized spacial score (nSPS) is 10.1. The summed E-state index contributed by atoms with van der Waals surface area (Å²) in [5.41, 5.74) is 3.34. The fourth-order valence-electron chi connectivity index (χ4n) is 1.42. The van der Waals surface area contributed by atoms with Gasteiger partial charge in [0.05, 0.1) is 0 Å². The molecule has 0 aliphatic carbocycles. The fourth-order valence-corrected chi connectivity index (χ4v) is 1.42. The van der Waals surface area contributed by atoms with E-state index in [4.69, 9.17) is 0 Å². The van der Waals surface area contributed by atoms with Crippen molar-refractivity contribution >= 4 is 0 Å². The van der Waals surface area contributed by atoms with Crippen LogP contribution in [0.15, 0.2) is 10.9 Å². The van der Waals surface area contributed by atoms with Crippen molar-refractivity contribution in [1.82, 2.24) is 4.98 Å². The zero-order valence-electron chi connectivity index (χ0n) is 7.19. The van der Waals surface area contributed by atoms with Crippen LogP contribution in [0.1, 0.15) is 23.7 Å². The van der Waals surface area contributed by atoms with Crippen molar-refractivity contribution in [2.75, 3.05) is 0 Å². The number of rotatable bonds is 1. The molecule has 0 aliphatic heterocycles. The Balaban J connectivity index is 3.36. The molecule has 0 amide bonds. The standard InChI is InChI=1S/C9H13NO/c1-4-8-6(2)5-9(11)10-7(8)3/h5H,4H2,1-3H3,(H,10,11). The van der Waals surface area contributed by atoms with Crippen LogP contribution in [0.2, 0.25) is 0 Å². The van der Waals surface area contributed by atoms with Crippen LogP contribution in [-0.4, -0.2) is 4.98 Å². The number of aromatic amines is 1. The van der Waals surface area contributed by atoms with E-state index >= 15 is 0 Å². The average Bonchev–Trinajstić information content (AvgIpc) is 1.85. The molecule has 2 nitrogen and oxygen atoms in total. The maximum atomic E-state index is 10.9. The number of pyridine rings is 1. The molecule has 1 heterocycles. The molecule has 0 saturated heterocycles. The first-order valence-corrected chi connectivity index (χ1v) is 3.84. The first-order chi connectivity index (χ1) is 5.15. The summed E-state index contributed by atoms with van der Waals surface area (Å²) >= 11 is 0. The number of hydrogen-bond acceptors (Lipinski definition) is 1. The number of aryl methyl sites for hydroxylation is 2. The SMILES string of the molecule is CCc1c(C)cc(=O)[nH]c1C. The van der Waals surface area contributed by atoms with Gasteiger partial charge in [0.15, 0.2) is 0 Å². The molecule has 0 saturated carbocycles. The van der Waals surface area contributed by atoms with Crippen LogP contribution in [0.25, 0.3) is 0 Å². The predicted octanol–water partition coefficient (Wildman–Crippen LogP) is 1.55. The topological polar surface area (TPSA) is 32.9 Å². The van der Waals surface area contributed by atoms with E-state index in [1.807, 2.05) is 13.8 Å². The Hall–Kier alpha value is -1.05. The third-order valence-electron chi connectivity index (χ3n) is 1.94. The molecule has 0 aliphatic rings. The van der Waals surface area contributed by atoms with E-state index in [0.717, 1.165) is 17.7 Å². The van der Waals surface area contributed by atoms with Gasteiger partial charge in [-0.25, -0.2) is 0 Å². The first kappa shape index (κ1) is 8.05. The van der Waals surface area contributed by atoms with Crippen molar-refractivity contribution in [2.24, 2.45) is 0 Å². The molecular weight excluding hydrogens is 138 g/mol. The Morgan fingerprint density at radius 1 is 1.45 bits per heavy atom. The summed E-state index contributed by atoms with van der Waals surface area (Å²) < 4.78 is 0. The van der Waals surface area contributed by atoms with E-state index in [-0.39, 0.29) is 5.56 Å². The van der Waals surface area contributed by atoms with Gasteiger partial charge < -0.3 is 4.98 Å². The maximum Gasteiger partial charge on any atom is 0.248 e. The summed E-state index contributed by atoms with van der Waals surface area (Å²) in [6.45, 7) is 6.00. The van der Waals surface area contributed by atoms with E-state index in [0.29, 0.717) is 0 Å². The highest BCUT2D eigenvalue weighted by Gasteiger charge is 2.00. The minimum Gasteiger partial charge on any atom is -0.326 e. The Morgan fingerprint density at radius 3 is 2.55 bits per heavy atom. The van der Waals surface area contributed by atoms with Gasteiger partial charge in [-0.2, -0.15) is 0 Å². The molecule has 0 atom stereocenters. The summed E-state index contributed by atoms with van der Waals surface area (Å²) in [5.74, 6) is 0. The van der Waals surface area contributed by atoms with Crippen LogP contribution < -0.4 is 5.56 Å². The third-order valence-corrected chi connectivity index (χ3v) is 1.94. The minimum atomic E-state index is -0.00259. The van der Waals surface area contributed by atoms with Crippen LogP contribution in [0.4, 0.5) is 0 Å². The lowest BCUT2D eigenvalue weighted by Gasteiger charge is -2.04. The second kappa shape index (κ2) is 2.91. The summed E-state index contributed by atoms with van der Waals surface area (Å²) in [6.07, 6.45) is 0.981. The van der Waals surface area contributed by atoms with Gasteiger partial charge in [-0.3, -0.25) is 4.79 Å². The zero-order valence-corrected chi connectivity index (χ0v) is 7.19. The van der Waals surface area contributed by atoms with Crippen molar-refractivity contribution in [2.45, 2.75) is 27.2 Å². The average molecular weight is 151 g/mol. The molecule has 60 valence electrons.